The quantitative estimate of drug-likeness (QED) is 0.395. The molecule has 0 aliphatic heterocycles. The minimum atomic E-state index is -0.637. The van der Waals surface area contributed by atoms with Crippen molar-refractivity contribution in [1.29, 1.82) is 0 Å². The zero-order chi connectivity index (χ0) is 22.5. The molecule has 2 aromatic heterocycles. The normalized spacial score (nSPS) is 12.3. The van der Waals surface area contributed by atoms with Gasteiger partial charge in [0.25, 0.3) is 0 Å². The number of hydrogen-bond donors (Lipinski definition) is 2. The second kappa shape index (κ2) is 10.7. The highest BCUT2D eigenvalue weighted by atomic mass is 35.5. The van der Waals surface area contributed by atoms with Gasteiger partial charge in [0.1, 0.15) is 21.6 Å². The number of aliphatic hydroxyl groups excluding tert-OH is 1. The molecule has 0 amide bonds. The van der Waals surface area contributed by atoms with Gasteiger partial charge in [-0.2, -0.15) is 0 Å². The third-order valence-electron chi connectivity index (χ3n) is 3.89. The van der Waals surface area contributed by atoms with Crippen molar-refractivity contribution in [3.05, 3.63) is 40.3 Å². The highest BCUT2D eigenvalue weighted by Gasteiger charge is 2.18. The van der Waals surface area contributed by atoms with E-state index in [4.69, 9.17) is 49.6 Å². The number of nitrogens with one attached hydrogen (secondary N) is 1. The average molecular weight is 508 g/mol. The molecule has 3 rings (SSSR count). The lowest BCUT2D eigenvalue weighted by Gasteiger charge is -2.14. The Morgan fingerprint density at radius 3 is 2.55 bits per heavy atom. The molecule has 1 atom stereocenters. The molecule has 0 saturated carbocycles. The Morgan fingerprint density at radius 1 is 1.16 bits per heavy atom. The van der Waals surface area contributed by atoms with Crippen LogP contribution >= 0.6 is 46.3 Å². The lowest BCUT2D eigenvalue weighted by Crippen LogP contribution is -2.32. The van der Waals surface area contributed by atoms with Crippen LogP contribution in [0.2, 0.25) is 10.0 Å². The molecular formula is C19H18Cl3FN4O3S. The van der Waals surface area contributed by atoms with Crippen LogP contribution < -0.4 is 14.3 Å². The summed E-state index contributed by atoms with van der Waals surface area (Å²) in [4.78, 5) is 6.55. The molecule has 7 nitrogen and oxygen atoms in total. The van der Waals surface area contributed by atoms with Crippen LogP contribution in [0.25, 0.3) is 21.1 Å². The van der Waals surface area contributed by atoms with Crippen LogP contribution in [0.5, 0.6) is 11.6 Å². The van der Waals surface area contributed by atoms with E-state index in [1.807, 2.05) is 13.8 Å². The summed E-state index contributed by atoms with van der Waals surface area (Å²) in [6.07, 6.45) is 1.52. The first kappa shape index (κ1) is 23.9. The van der Waals surface area contributed by atoms with Gasteiger partial charge >= 0.3 is 0 Å². The fourth-order valence-electron chi connectivity index (χ4n) is 2.41. The monoisotopic (exact) mass is 506 g/mol. The van der Waals surface area contributed by atoms with E-state index in [1.54, 1.807) is 12.3 Å². The van der Waals surface area contributed by atoms with Crippen molar-refractivity contribution in [1.82, 2.24) is 20.0 Å². The molecule has 0 radical (unpaired) electrons. The van der Waals surface area contributed by atoms with E-state index in [2.05, 4.69) is 20.0 Å². The summed E-state index contributed by atoms with van der Waals surface area (Å²) < 4.78 is 25.4. The fraction of sp³-hybridized carbons (Fsp3) is 0.316. The van der Waals surface area contributed by atoms with Crippen LogP contribution in [0.4, 0.5) is 4.39 Å². The number of aliphatic hydroxyl groups is 1. The third kappa shape index (κ3) is 5.94. The first-order valence-corrected chi connectivity index (χ1v) is 11.0. The predicted molar refractivity (Wildman–Crippen MR) is 120 cm³/mol. The van der Waals surface area contributed by atoms with Gasteiger partial charge in [0.15, 0.2) is 11.6 Å². The smallest absolute Gasteiger partial charge is 0.232 e. The van der Waals surface area contributed by atoms with Gasteiger partial charge in [0.2, 0.25) is 5.88 Å². The van der Waals surface area contributed by atoms with Crippen molar-refractivity contribution < 1.29 is 19.0 Å². The van der Waals surface area contributed by atoms with E-state index in [0.717, 1.165) is 0 Å². The Bertz CT molecular complexity index is 1050. The zero-order valence-corrected chi connectivity index (χ0v) is 19.5. The number of ether oxygens (including phenoxy) is 2. The van der Waals surface area contributed by atoms with Gasteiger partial charge in [0, 0.05) is 23.4 Å². The van der Waals surface area contributed by atoms with Crippen LogP contribution in [0.1, 0.15) is 13.8 Å². The zero-order valence-electron chi connectivity index (χ0n) is 16.4. The van der Waals surface area contributed by atoms with Gasteiger partial charge < -0.3 is 14.6 Å². The molecule has 12 heteroatoms. The maximum atomic E-state index is 14.5. The maximum absolute atomic E-state index is 14.5. The highest BCUT2D eigenvalue weighted by molar-refractivity contribution is 7.18. The summed E-state index contributed by atoms with van der Waals surface area (Å²) in [5.74, 6) is -0.374. The van der Waals surface area contributed by atoms with E-state index < -0.39 is 11.9 Å². The molecule has 166 valence electrons. The Morgan fingerprint density at radius 2 is 1.90 bits per heavy atom. The van der Waals surface area contributed by atoms with Crippen molar-refractivity contribution in [3.63, 3.8) is 0 Å². The van der Waals surface area contributed by atoms with Crippen LogP contribution in [0.3, 0.4) is 0 Å². The highest BCUT2D eigenvalue weighted by Crippen LogP contribution is 2.38. The van der Waals surface area contributed by atoms with E-state index in [1.165, 1.54) is 23.5 Å². The number of hydrogen-bond acceptors (Lipinski definition) is 8. The standard InChI is InChI=1S/C19H18Cl3FN4O3S/c1-9(2)30-17-14(21)3-10(6-24-17)18-26-27-19(31-18)12-4-15(23)16(5-13(12)20)29-8-11(7-28)25-22/h3-6,9,11,25,28H,7-8H2,1-2H3. The fourth-order valence-corrected chi connectivity index (χ4v) is 3.91. The van der Waals surface area contributed by atoms with Gasteiger partial charge in [-0.1, -0.05) is 34.5 Å². The molecule has 2 N–H and O–H groups in total. The van der Waals surface area contributed by atoms with Crippen LogP contribution in [0, 0.1) is 5.82 Å². The maximum Gasteiger partial charge on any atom is 0.232 e. The van der Waals surface area contributed by atoms with Crippen molar-refractivity contribution in [2.24, 2.45) is 0 Å². The average Bonchev–Trinajstić information content (AvgIpc) is 3.22. The molecule has 0 aliphatic rings. The summed E-state index contributed by atoms with van der Waals surface area (Å²) in [6.45, 7) is 3.44. The summed E-state index contributed by atoms with van der Waals surface area (Å²) in [5, 5.41) is 18.9. The van der Waals surface area contributed by atoms with Crippen LogP contribution in [-0.4, -0.2) is 45.6 Å². The van der Waals surface area contributed by atoms with E-state index in [-0.39, 0.29) is 30.1 Å². The van der Waals surface area contributed by atoms with Gasteiger partial charge in [-0.25, -0.2) is 14.2 Å². The van der Waals surface area contributed by atoms with Crippen molar-refractivity contribution in [2.45, 2.75) is 26.0 Å². The van der Waals surface area contributed by atoms with Crippen molar-refractivity contribution >= 4 is 46.3 Å². The van der Waals surface area contributed by atoms with Gasteiger partial charge in [0.05, 0.1) is 23.8 Å². The molecule has 1 aromatic carbocycles. The Labute approximate surface area is 197 Å². The van der Waals surface area contributed by atoms with Crippen molar-refractivity contribution in [2.75, 3.05) is 13.2 Å². The molecule has 0 bridgehead atoms. The van der Waals surface area contributed by atoms with Crippen molar-refractivity contribution in [3.8, 4) is 32.8 Å². The first-order valence-electron chi connectivity index (χ1n) is 9.07. The number of nitrogens with zero attached hydrogens (tertiary/aromatic N) is 3. The topological polar surface area (TPSA) is 89.4 Å². The molecule has 0 saturated heterocycles. The molecule has 0 fully saturated rings. The van der Waals surface area contributed by atoms with E-state index in [0.29, 0.717) is 32.0 Å². The number of benzene rings is 1. The number of pyridine rings is 1. The summed E-state index contributed by atoms with van der Waals surface area (Å²) in [5.41, 5.74) is 1.01. The number of aromatic nitrogens is 3. The second-order valence-electron chi connectivity index (χ2n) is 6.65. The lowest BCUT2D eigenvalue weighted by molar-refractivity contribution is 0.194. The third-order valence-corrected chi connectivity index (χ3v) is 5.79. The molecule has 2 heterocycles. The SMILES string of the molecule is CC(C)Oc1ncc(-c2nnc(-c3cc(F)c(OCC(CO)NCl)cc3Cl)s2)cc1Cl. The summed E-state index contributed by atoms with van der Waals surface area (Å²) in [7, 11) is 0. The van der Waals surface area contributed by atoms with Crippen LogP contribution in [0.15, 0.2) is 24.4 Å². The summed E-state index contributed by atoms with van der Waals surface area (Å²) >= 11 is 19.2. The van der Waals surface area contributed by atoms with Gasteiger partial charge in [-0.15, -0.1) is 10.2 Å². The summed E-state index contributed by atoms with van der Waals surface area (Å²) in [6, 6.07) is 3.68. The minimum Gasteiger partial charge on any atom is -0.489 e. The molecular weight excluding hydrogens is 490 g/mol. The Kier molecular flexibility index (Phi) is 8.26. The first-order chi connectivity index (χ1) is 14.8. The lowest BCUT2D eigenvalue weighted by atomic mass is 10.2. The van der Waals surface area contributed by atoms with Crippen LogP contribution in [-0.2, 0) is 0 Å². The molecule has 1 unspecified atom stereocenters. The van der Waals surface area contributed by atoms with Gasteiger partial charge in [-0.3, -0.25) is 0 Å². The van der Waals surface area contributed by atoms with E-state index in [9.17, 15) is 4.39 Å². The number of rotatable bonds is 9. The van der Waals surface area contributed by atoms with Gasteiger partial charge in [-0.05, 0) is 37.8 Å². The number of halogens is 4. The van der Waals surface area contributed by atoms with E-state index >= 15 is 0 Å². The molecule has 3 aromatic rings. The molecule has 0 aliphatic carbocycles. The second-order valence-corrected chi connectivity index (χ2v) is 8.66. The molecule has 31 heavy (non-hydrogen) atoms. The predicted octanol–water partition coefficient (Wildman–Crippen LogP) is 4.98. The minimum absolute atomic E-state index is 0.0418. The molecule has 0 spiro atoms. The largest absolute Gasteiger partial charge is 0.489 e. The Hall–Kier alpha value is -1.75. The Balaban J connectivity index is 1.82.